The minimum Gasteiger partial charge on any atom is -0.480 e. The predicted octanol–water partition coefficient (Wildman–Crippen LogP) is 0.894. The number of carboxylic acid groups (broad SMARTS) is 1. The van der Waals surface area contributed by atoms with Crippen LogP contribution in [0.2, 0.25) is 0 Å². The predicted molar refractivity (Wildman–Crippen MR) is 55.8 cm³/mol. The molecule has 1 aromatic heterocycles. The summed E-state index contributed by atoms with van der Waals surface area (Å²) in [6.07, 6.45) is 3.05. The highest BCUT2D eigenvalue weighted by Crippen LogP contribution is 2.03. The van der Waals surface area contributed by atoms with E-state index in [1.165, 1.54) is 24.3 Å². The summed E-state index contributed by atoms with van der Waals surface area (Å²) in [5, 5.41) is 11.0. The molecular formula is C10H14N2O4. The van der Waals surface area contributed by atoms with Gasteiger partial charge in [0.05, 0.1) is 19.1 Å². The van der Waals surface area contributed by atoms with Crippen LogP contribution in [0.1, 0.15) is 12.5 Å². The Morgan fingerprint density at radius 1 is 1.62 bits per heavy atom. The van der Waals surface area contributed by atoms with Crippen LogP contribution >= 0.6 is 0 Å². The summed E-state index contributed by atoms with van der Waals surface area (Å²) in [6, 6.07) is 0.403. The van der Waals surface area contributed by atoms with Crippen LogP contribution in [0.3, 0.4) is 0 Å². The highest BCUT2D eigenvalue weighted by Gasteiger charge is 2.16. The van der Waals surface area contributed by atoms with Crippen LogP contribution < -0.4 is 5.32 Å². The summed E-state index contributed by atoms with van der Waals surface area (Å²) in [5.74, 6) is -1.06. The third-order valence-corrected chi connectivity index (χ3v) is 2.06. The molecule has 1 rings (SSSR count). The first kappa shape index (κ1) is 12.1. The van der Waals surface area contributed by atoms with E-state index in [2.05, 4.69) is 5.32 Å². The second kappa shape index (κ2) is 5.20. The lowest BCUT2D eigenvalue weighted by Gasteiger charge is -2.18. The van der Waals surface area contributed by atoms with E-state index >= 15 is 0 Å². The van der Waals surface area contributed by atoms with Crippen molar-refractivity contribution in [1.82, 2.24) is 10.2 Å². The Labute approximate surface area is 92.8 Å². The van der Waals surface area contributed by atoms with Crippen molar-refractivity contribution in [1.29, 1.82) is 0 Å². The van der Waals surface area contributed by atoms with E-state index in [0.717, 1.165) is 5.56 Å². The van der Waals surface area contributed by atoms with E-state index in [-0.39, 0.29) is 0 Å². The highest BCUT2D eigenvalue weighted by atomic mass is 16.4. The number of carboxylic acids is 1. The minimum absolute atomic E-state index is 0.370. The quantitative estimate of drug-likeness (QED) is 0.798. The number of carbonyl (C=O) groups excluding carboxylic acids is 1. The molecule has 2 N–H and O–H groups in total. The smallest absolute Gasteiger partial charge is 0.325 e. The number of hydrogen-bond donors (Lipinski definition) is 2. The molecule has 0 unspecified atom stereocenters. The molecule has 0 saturated carbocycles. The second-order valence-electron chi connectivity index (χ2n) is 3.50. The molecule has 0 fully saturated rings. The molecule has 6 heteroatoms. The van der Waals surface area contributed by atoms with E-state index in [1.807, 2.05) is 0 Å². The molecule has 0 aliphatic rings. The van der Waals surface area contributed by atoms with Crippen molar-refractivity contribution in [3.63, 3.8) is 0 Å². The van der Waals surface area contributed by atoms with Crippen molar-refractivity contribution in [2.45, 2.75) is 19.5 Å². The molecule has 88 valence electrons. The van der Waals surface area contributed by atoms with Gasteiger partial charge in [-0.3, -0.25) is 4.79 Å². The summed E-state index contributed by atoms with van der Waals surface area (Å²) in [4.78, 5) is 23.4. The Kier molecular flexibility index (Phi) is 3.93. The van der Waals surface area contributed by atoms with Crippen LogP contribution in [-0.2, 0) is 11.3 Å². The molecule has 0 aliphatic carbocycles. The molecule has 1 aromatic rings. The number of rotatable bonds is 4. The third kappa shape index (κ3) is 3.30. The lowest BCUT2D eigenvalue weighted by molar-refractivity contribution is -0.138. The van der Waals surface area contributed by atoms with Gasteiger partial charge in [-0.2, -0.15) is 0 Å². The standard InChI is InChI=1S/C10H14N2O4/c1-7(9(13)14)11-10(15)12(2)5-8-3-4-16-6-8/h3-4,6-7H,5H2,1-2H3,(H,11,15)(H,13,14)/t7-/m1/s1. The first-order valence-electron chi connectivity index (χ1n) is 4.76. The van der Waals surface area contributed by atoms with Crippen molar-refractivity contribution >= 4 is 12.0 Å². The van der Waals surface area contributed by atoms with Gasteiger partial charge in [0.2, 0.25) is 0 Å². The lowest BCUT2D eigenvalue weighted by atomic mass is 10.3. The van der Waals surface area contributed by atoms with Gasteiger partial charge < -0.3 is 19.7 Å². The molecule has 0 radical (unpaired) electrons. The Balaban J connectivity index is 2.45. The molecule has 0 saturated heterocycles. The van der Waals surface area contributed by atoms with Gasteiger partial charge in [0.25, 0.3) is 0 Å². The second-order valence-corrected chi connectivity index (χ2v) is 3.50. The molecule has 16 heavy (non-hydrogen) atoms. The number of nitrogens with zero attached hydrogens (tertiary/aromatic N) is 1. The lowest BCUT2D eigenvalue weighted by Crippen LogP contribution is -2.44. The van der Waals surface area contributed by atoms with Gasteiger partial charge in [-0.1, -0.05) is 0 Å². The van der Waals surface area contributed by atoms with Crippen molar-refractivity contribution in [3.05, 3.63) is 24.2 Å². The average Bonchev–Trinajstić information content (AvgIpc) is 2.69. The van der Waals surface area contributed by atoms with Crippen molar-refractivity contribution in [3.8, 4) is 0 Å². The monoisotopic (exact) mass is 226 g/mol. The summed E-state index contributed by atoms with van der Waals surface area (Å²) in [5.41, 5.74) is 0.848. The fourth-order valence-electron chi connectivity index (χ4n) is 1.09. The van der Waals surface area contributed by atoms with E-state index in [4.69, 9.17) is 9.52 Å². The van der Waals surface area contributed by atoms with Gasteiger partial charge in [0, 0.05) is 12.6 Å². The molecule has 6 nitrogen and oxygen atoms in total. The number of amides is 2. The average molecular weight is 226 g/mol. The van der Waals surface area contributed by atoms with E-state index in [9.17, 15) is 9.59 Å². The van der Waals surface area contributed by atoms with E-state index in [1.54, 1.807) is 13.1 Å². The summed E-state index contributed by atoms with van der Waals surface area (Å²) >= 11 is 0. The Morgan fingerprint density at radius 3 is 2.81 bits per heavy atom. The summed E-state index contributed by atoms with van der Waals surface area (Å²) < 4.78 is 4.86. The van der Waals surface area contributed by atoms with E-state index in [0.29, 0.717) is 6.54 Å². The molecule has 1 atom stereocenters. The molecule has 2 amide bonds. The molecule has 0 aliphatic heterocycles. The Bertz CT molecular complexity index is 361. The van der Waals surface area contributed by atoms with Crippen molar-refractivity contribution in [2.24, 2.45) is 0 Å². The van der Waals surface area contributed by atoms with Crippen LogP contribution in [0.15, 0.2) is 23.0 Å². The van der Waals surface area contributed by atoms with Crippen LogP contribution in [0, 0.1) is 0 Å². The van der Waals surface area contributed by atoms with Crippen LogP contribution in [0.5, 0.6) is 0 Å². The van der Waals surface area contributed by atoms with Gasteiger partial charge in [0.1, 0.15) is 6.04 Å². The Morgan fingerprint density at radius 2 is 2.31 bits per heavy atom. The zero-order chi connectivity index (χ0) is 12.1. The maximum Gasteiger partial charge on any atom is 0.325 e. The third-order valence-electron chi connectivity index (χ3n) is 2.06. The number of aliphatic carboxylic acids is 1. The highest BCUT2D eigenvalue weighted by molar-refractivity contribution is 5.82. The fourth-order valence-corrected chi connectivity index (χ4v) is 1.09. The van der Waals surface area contributed by atoms with Crippen molar-refractivity contribution < 1.29 is 19.1 Å². The number of urea groups is 1. The maximum atomic E-state index is 11.5. The van der Waals surface area contributed by atoms with E-state index < -0.39 is 18.0 Å². The molecular weight excluding hydrogens is 212 g/mol. The van der Waals surface area contributed by atoms with Gasteiger partial charge in [-0.25, -0.2) is 4.79 Å². The topological polar surface area (TPSA) is 82.8 Å². The number of carbonyl (C=O) groups is 2. The SMILES string of the molecule is C[C@@H](NC(=O)N(C)Cc1ccoc1)C(=O)O. The summed E-state index contributed by atoms with van der Waals surface area (Å²) in [7, 11) is 1.58. The van der Waals surface area contributed by atoms with Crippen LogP contribution in [-0.4, -0.2) is 35.1 Å². The zero-order valence-electron chi connectivity index (χ0n) is 9.14. The fraction of sp³-hybridized carbons (Fsp3) is 0.400. The number of nitrogens with one attached hydrogen (secondary N) is 1. The Hall–Kier alpha value is -1.98. The summed E-state index contributed by atoms with van der Waals surface area (Å²) in [6.45, 7) is 1.78. The van der Waals surface area contributed by atoms with Gasteiger partial charge in [-0.15, -0.1) is 0 Å². The molecule has 1 heterocycles. The largest absolute Gasteiger partial charge is 0.480 e. The number of hydrogen-bond acceptors (Lipinski definition) is 3. The van der Waals surface area contributed by atoms with Crippen molar-refractivity contribution in [2.75, 3.05) is 7.05 Å². The normalized spacial score (nSPS) is 11.9. The van der Waals surface area contributed by atoms with Gasteiger partial charge >= 0.3 is 12.0 Å². The molecule has 0 spiro atoms. The van der Waals surface area contributed by atoms with Gasteiger partial charge in [0.15, 0.2) is 0 Å². The first-order chi connectivity index (χ1) is 7.50. The number of furan rings is 1. The van der Waals surface area contributed by atoms with Gasteiger partial charge in [-0.05, 0) is 13.0 Å². The maximum absolute atomic E-state index is 11.5. The zero-order valence-corrected chi connectivity index (χ0v) is 9.14. The minimum atomic E-state index is -1.06. The van der Waals surface area contributed by atoms with Crippen LogP contribution in [0.25, 0.3) is 0 Å². The molecule has 0 aromatic carbocycles. The molecule has 0 bridgehead atoms. The first-order valence-corrected chi connectivity index (χ1v) is 4.76. The van der Waals surface area contributed by atoms with Crippen LogP contribution in [0.4, 0.5) is 4.79 Å².